The molecule has 1 amide bonds. The lowest BCUT2D eigenvalue weighted by Gasteiger charge is -2.18. The molecule has 0 radical (unpaired) electrons. The molecule has 1 aromatic carbocycles. The summed E-state index contributed by atoms with van der Waals surface area (Å²) in [5.41, 5.74) is 1.10. The molecule has 1 atom stereocenters. The van der Waals surface area contributed by atoms with Crippen molar-refractivity contribution in [3.63, 3.8) is 0 Å². The lowest BCUT2D eigenvalue weighted by Crippen LogP contribution is -2.35. The van der Waals surface area contributed by atoms with E-state index in [1.54, 1.807) is 22.0 Å². The average Bonchev–Trinajstić information content (AvgIpc) is 3.28. The van der Waals surface area contributed by atoms with Gasteiger partial charge in [0.15, 0.2) is 0 Å². The number of carbonyl (C=O) groups is 1. The van der Waals surface area contributed by atoms with Crippen LogP contribution in [0.15, 0.2) is 47.9 Å². The van der Waals surface area contributed by atoms with Gasteiger partial charge in [0.1, 0.15) is 19.2 Å². The number of benzene rings is 1. The molecule has 1 saturated heterocycles. The second-order valence-electron chi connectivity index (χ2n) is 5.83. The van der Waals surface area contributed by atoms with Crippen LogP contribution < -0.4 is 5.56 Å². The maximum Gasteiger partial charge on any atom is 0.269 e. The monoisotopic (exact) mass is 324 g/mol. The standard InChI is InChI=1S/C16H16N6O2/c23-15-7-18-13-3-1-2-4-14(13)21(15)9-16(24)20-6-5-12(8-20)22-11-17-10-19-22/h1-4,7,10-12H,5-6,8-9H2. The van der Waals surface area contributed by atoms with E-state index in [0.717, 1.165) is 6.42 Å². The summed E-state index contributed by atoms with van der Waals surface area (Å²) in [4.78, 5) is 34.6. The number of rotatable bonds is 3. The summed E-state index contributed by atoms with van der Waals surface area (Å²) >= 11 is 0. The zero-order chi connectivity index (χ0) is 16.5. The molecule has 24 heavy (non-hydrogen) atoms. The summed E-state index contributed by atoms with van der Waals surface area (Å²) in [5.74, 6) is -0.0731. The maximum atomic E-state index is 12.6. The fraction of sp³-hybridized carbons (Fsp3) is 0.312. The molecule has 0 spiro atoms. The van der Waals surface area contributed by atoms with Crippen LogP contribution >= 0.6 is 0 Å². The van der Waals surface area contributed by atoms with Crippen LogP contribution in [0.4, 0.5) is 0 Å². The SMILES string of the molecule is O=C(Cn1c(=O)cnc2ccccc21)N1CCC(n2cncn2)C1. The van der Waals surface area contributed by atoms with Crippen molar-refractivity contribution >= 4 is 16.9 Å². The van der Waals surface area contributed by atoms with E-state index in [1.165, 1.54) is 17.1 Å². The molecule has 3 heterocycles. The quantitative estimate of drug-likeness (QED) is 0.699. The molecule has 0 N–H and O–H groups in total. The largest absolute Gasteiger partial charge is 0.339 e. The summed E-state index contributed by atoms with van der Waals surface area (Å²) in [5, 5.41) is 4.14. The number of hydrogen-bond donors (Lipinski definition) is 0. The zero-order valence-corrected chi connectivity index (χ0v) is 12.9. The van der Waals surface area contributed by atoms with E-state index in [-0.39, 0.29) is 24.1 Å². The van der Waals surface area contributed by atoms with Crippen LogP contribution in [0, 0.1) is 0 Å². The summed E-state index contributed by atoms with van der Waals surface area (Å²) in [6.07, 6.45) is 5.26. The van der Waals surface area contributed by atoms with Gasteiger partial charge < -0.3 is 4.90 Å². The Morgan fingerprint density at radius 3 is 3.00 bits per heavy atom. The molecule has 3 aromatic rings. The molecular weight excluding hydrogens is 308 g/mol. The van der Waals surface area contributed by atoms with Crippen LogP contribution in [0.5, 0.6) is 0 Å². The van der Waals surface area contributed by atoms with Gasteiger partial charge in [-0.05, 0) is 18.6 Å². The molecule has 2 aromatic heterocycles. The Morgan fingerprint density at radius 2 is 2.17 bits per heavy atom. The van der Waals surface area contributed by atoms with Gasteiger partial charge in [0.25, 0.3) is 5.56 Å². The number of fused-ring (bicyclic) bond motifs is 1. The van der Waals surface area contributed by atoms with Gasteiger partial charge in [0.05, 0.1) is 23.3 Å². The summed E-state index contributed by atoms with van der Waals surface area (Å²) in [6.45, 7) is 1.26. The van der Waals surface area contributed by atoms with Gasteiger partial charge in [0.2, 0.25) is 5.91 Å². The smallest absolute Gasteiger partial charge is 0.269 e. The lowest BCUT2D eigenvalue weighted by molar-refractivity contribution is -0.130. The Balaban J connectivity index is 1.55. The van der Waals surface area contributed by atoms with Crippen molar-refractivity contribution in [1.29, 1.82) is 0 Å². The third-order valence-electron chi connectivity index (χ3n) is 4.37. The van der Waals surface area contributed by atoms with Gasteiger partial charge in [0, 0.05) is 13.1 Å². The predicted octanol–water partition coefficient (Wildman–Crippen LogP) is 0.462. The van der Waals surface area contributed by atoms with Crippen LogP contribution in [-0.4, -0.2) is 48.2 Å². The van der Waals surface area contributed by atoms with Gasteiger partial charge in [-0.25, -0.2) is 14.6 Å². The number of hydrogen-bond acceptors (Lipinski definition) is 5. The molecule has 0 saturated carbocycles. The number of likely N-dealkylation sites (tertiary alicyclic amines) is 1. The van der Waals surface area contributed by atoms with Crippen LogP contribution in [0.1, 0.15) is 12.5 Å². The highest BCUT2D eigenvalue weighted by molar-refractivity contribution is 5.80. The first-order valence-electron chi connectivity index (χ1n) is 7.79. The van der Waals surface area contributed by atoms with E-state index in [1.807, 2.05) is 18.2 Å². The molecule has 8 heteroatoms. The molecule has 0 aliphatic carbocycles. The van der Waals surface area contributed by atoms with Gasteiger partial charge in [-0.3, -0.25) is 14.2 Å². The molecule has 1 fully saturated rings. The Bertz CT molecular complexity index is 933. The van der Waals surface area contributed by atoms with Crippen molar-refractivity contribution in [3.05, 3.63) is 53.5 Å². The summed E-state index contributed by atoms with van der Waals surface area (Å²) in [6, 6.07) is 7.46. The van der Waals surface area contributed by atoms with Gasteiger partial charge >= 0.3 is 0 Å². The molecule has 1 aliphatic heterocycles. The average molecular weight is 324 g/mol. The molecule has 8 nitrogen and oxygen atoms in total. The van der Waals surface area contributed by atoms with Crippen LogP contribution in [0.3, 0.4) is 0 Å². The molecule has 1 unspecified atom stereocenters. The van der Waals surface area contributed by atoms with Crippen molar-refractivity contribution in [1.82, 2.24) is 29.2 Å². The minimum atomic E-state index is -0.269. The number of carbonyl (C=O) groups excluding carboxylic acids is 1. The van der Waals surface area contributed by atoms with Gasteiger partial charge in [-0.2, -0.15) is 5.10 Å². The normalized spacial score (nSPS) is 17.5. The third-order valence-corrected chi connectivity index (χ3v) is 4.37. The predicted molar refractivity (Wildman–Crippen MR) is 86.3 cm³/mol. The van der Waals surface area contributed by atoms with E-state index < -0.39 is 0 Å². The van der Waals surface area contributed by atoms with Gasteiger partial charge in [-0.1, -0.05) is 12.1 Å². The maximum absolute atomic E-state index is 12.6. The highest BCUT2D eigenvalue weighted by Gasteiger charge is 2.28. The van der Waals surface area contributed by atoms with Crippen molar-refractivity contribution in [2.45, 2.75) is 19.0 Å². The zero-order valence-electron chi connectivity index (χ0n) is 12.9. The topological polar surface area (TPSA) is 85.9 Å². The van der Waals surface area contributed by atoms with Crippen molar-refractivity contribution in [3.8, 4) is 0 Å². The van der Waals surface area contributed by atoms with E-state index in [2.05, 4.69) is 15.1 Å². The minimum Gasteiger partial charge on any atom is -0.339 e. The first-order valence-corrected chi connectivity index (χ1v) is 7.79. The fourth-order valence-corrected chi connectivity index (χ4v) is 3.10. The van der Waals surface area contributed by atoms with Gasteiger partial charge in [-0.15, -0.1) is 0 Å². The van der Waals surface area contributed by atoms with Crippen LogP contribution in [0.2, 0.25) is 0 Å². The highest BCUT2D eigenvalue weighted by Crippen LogP contribution is 2.20. The molecule has 0 bridgehead atoms. The first-order chi connectivity index (χ1) is 11.7. The Kier molecular flexibility index (Phi) is 3.56. The summed E-state index contributed by atoms with van der Waals surface area (Å²) < 4.78 is 3.26. The van der Waals surface area contributed by atoms with Crippen LogP contribution in [-0.2, 0) is 11.3 Å². The Hall–Kier alpha value is -3.03. The van der Waals surface area contributed by atoms with E-state index in [9.17, 15) is 9.59 Å². The second kappa shape index (κ2) is 5.88. The summed E-state index contributed by atoms with van der Waals surface area (Å²) in [7, 11) is 0. The molecular formula is C16H16N6O2. The second-order valence-corrected chi connectivity index (χ2v) is 5.83. The van der Waals surface area contributed by atoms with Crippen LogP contribution in [0.25, 0.3) is 11.0 Å². The Morgan fingerprint density at radius 1 is 1.29 bits per heavy atom. The van der Waals surface area contributed by atoms with Crippen molar-refractivity contribution in [2.24, 2.45) is 0 Å². The lowest BCUT2D eigenvalue weighted by atomic mass is 10.3. The Labute approximate surface area is 137 Å². The molecule has 4 rings (SSSR count). The van der Waals surface area contributed by atoms with E-state index >= 15 is 0 Å². The van der Waals surface area contributed by atoms with Crippen molar-refractivity contribution in [2.75, 3.05) is 13.1 Å². The van der Waals surface area contributed by atoms with Crippen molar-refractivity contribution < 1.29 is 4.79 Å². The molecule has 1 aliphatic rings. The highest BCUT2D eigenvalue weighted by atomic mass is 16.2. The number of aromatic nitrogens is 5. The number of nitrogens with zero attached hydrogens (tertiary/aromatic N) is 6. The third kappa shape index (κ3) is 2.55. The number of para-hydroxylation sites is 2. The number of amides is 1. The van der Waals surface area contributed by atoms with E-state index in [0.29, 0.717) is 24.1 Å². The fourth-order valence-electron chi connectivity index (χ4n) is 3.10. The first kappa shape index (κ1) is 14.6. The minimum absolute atomic E-state index is 0.0198. The molecule has 122 valence electrons. The van der Waals surface area contributed by atoms with E-state index in [4.69, 9.17) is 0 Å².